The first-order chi connectivity index (χ1) is 13.9. The van der Waals surface area contributed by atoms with Gasteiger partial charge in [0, 0.05) is 44.6 Å². The minimum Gasteiger partial charge on any atom is -0.356 e. The highest BCUT2D eigenvalue weighted by Gasteiger charge is 2.30. The molecule has 3 rings (SSSR count). The van der Waals surface area contributed by atoms with Crippen molar-refractivity contribution in [1.29, 1.82) is 0 Å². The molecule has 2 heterocycles. The molecule has 0 saturated carbocycles. The van der Waals surface area contributed by atoms with Gasteiger partial charge >= 0.3 is 0 Å². The van der Waals surface area contributed by atoms with Crippen LogP contribution in [0.25, 0.3) is 0 Å². The zero-order chi connectivity index (χ0) is 21.0. The topological polar surface area (TPSA) is 86.8 Å². The van der Waals surface area contributed by atoms with Gasteiger partial charge < -0.3 is 10.2 Å². The smallest absolute Gasteiger partial charge is 0.253 e. The van der Waals surface area contributed by atoms with Crippen molar-refractivity contribution >= 4 is 46.8 Å². The minimum absolute atomic E-state index is 0.115. The number of piperidine rings is 1. The molecular weight excluding hydrogens is 417 g/mol. The molecule has 0 bridgehead atoms. The van der Waals surface area contributed by atoms with E-state index in [9.17, 15) is 19.2 Å². The van der Waals surface area contributed by atoms with E-state index in [1.165, 1.54) is 11.0 Å². The van der Waals surface area contributed by atoms with E-state index in [1.54, 1.807) is 17.0 Å². The fourth-order valence-corrected chi connectivity index (χ4v) is 3.95. The van der Waals surface area contributed by atoms with Gasteiger partial charge in [-0.25, -0.2) is 0 Å². The number of imide groups is 1. The Kier molecular flexibility index (Phi) is 7.14. The lowest BCUT2D eigenvalue weighted by Crippen LogP contribution is -2.45. The van der Waals surface area contributed by atoms with Gasteiger partial charge in [-0.1, -0.05) is 23.2 Å². The van der Waals surface area contributed by atoms with Crippen LogP contribution in [0.5, 0.6) is 0 Å². The maximum Gasteiger partial charge on any atom is 0.253 e. The minimum atomic E-state index is -0.287. The maximum atomic E-state index is 12.7. The number of amides is 4. The van der Waals surface area contributed by atoms with Crippen LogP contribution in [0.4, 0.5) is 0 Å². The summed E-state index contributed by atoms with van der Waals surface area (Å²) >= 11 is 11.9. The van der Waals surface area contributed by atoms with E-state index in [-0.39, 0.29) is 42.4 Å². The molecule has 0 spiro atoms. The number of likely N-dealkylation sites (tertiary alicyclic amines) is 2. The Morgan fingerprint density at radius 1 is 1.10 bits per heavy atom. The van der Waals surface area contributed by atoms with E-state index in [4.69, 9.17) is 23.2 Å². The second-order valence-corrected chi connectivity index (χ2v) is 8.12. The van der Waals surface area contributed by atoms with E-state index in [0.717, 1.165) is 6.42 Å². The van der Waals surface area contributed by atoms with Crippen molar-refractivity contribution in [2.75, 3.05) is 26.2 Å². The van der Waals surface area contributed by atoms with Crippen LogP contribution in [0.15, 0.2) is 18.2 Å². The number of hydrogen-bond donors (Lipinski definition) is 1. The Morgan fingerprint density at radius 2 is 1.83 bits per heavy atom. The molecule has 0 aromatic heterocycles. The molecule has 156 valence electrons. The highest BCUT2D eigenvalue weighted by Crippen LogP contribution is 2.25. The highest BCUT2D eigenvalue weighted by atomic mass is 35.5. The molecule has 1 atom stereocenters. The molecule has 9 heteroatoms. The largest absolute Gasteiger partial charge is 0.356 e. The number of carbonyl (C=O) groups is 4. The van der Waals surface area contributed by atoms with Gasteiger partial charge in [-0.15, -0.1) is 0 Å². The van der Waals surface area contributed by atoms with Gasteiger partial charge in [0.05, 0.1) is 16.0 Å². The lowest BCUT2D eigenvalue weighted by Gasteiger charge is -2.32. The van der Waals surface area contributed by atoms with Crippen molar-refractivity contribution in [3.8, 4) is 0 Å². The molecular formula is C20H23Cl2N3O4. The van der Waals surface area contributed by atoms with Crippen LogP contribution < -0.4 is 5.32 Å². The molecule has 0 radical (unpaired) electrons. The van der Waals surface area contributed by atoms with Gasteiger partial charge in [-0.05, 0) is 37.5 Å². The average Bonchev–Trinajstić information content (AvgIpc) is 3.04. The number of hydrogen-bond acceptors (Lipinski definition) is 4. The Labute approximate surface area is 179 Å². The summed E-state index contributed by atoms with van der Waals surface area (Å²) in [5.74, 6) is -0.872. The number of nitrogens with zero attached hydrogens (tertiary/aromatic N) is 2. The molecule has 2 aliphatic heterocycles. The molecule has 2 aliphatic rings. The molecule has 4 amide bonds. The molecule has 1 unspecified atom stereocenters. The summed E-state index contributed by atoms with van der Waals surface area (Å²) in [6.07, 6.45) is 2.51. The average molecular weight is 440 g/mol. The fraction of sp³-hybridized carbons (Fsp3) is 0.500. The third-order valence-electron chi connectivity index (χ3n) is 5.26. The Hall–Kier alpha value is -2.12. The van der Waals surface area contributed by atoms with Crippen molar-refractivity contribution in [2.24, 2.45) is 5.92 Å². The predicted octanol–water partition coefficient (Wildman–Crippen LogP) is 2.50. The SMILES string of the molecule is O=C(NCCCN1C(=O)CCC1=O)C1CCCN(C(=O)c2ccc(Cl)c(Cl)c2)C1. The van der Waals surface area contributed by atoms with Gasteiger partial charge in [-0.2, -0.15) is 0 Å². The molecule has 1 N–H and O–H groups in total. The number of halogens is 2. The fourth-order valence-electron chi connectivity index (χ4n) is 3.65. The summed E-state index contributed by atoms with van der Waals surface area (Å²) in [4.78, 5) is 51.3. The van der Waals surface area contributed by atoms with Crippen LogP contribution in [0, 0.1) is 5.92 Å². The van der Waals surface area contributed by atoms with Crippen molar-refractivity contribution in [3.05, 3.63) is 33.8 Å². The Balaban J connectivity index is 1.47. The van der Waals surface area contributed by atoms with Crippen LogP contribution in [-0.2, 0) is 14.4 Å². The molecule has 2 saturated heterocycles. The van der Waals surface area contributed by atoms with Crippen LogP contribution in [0.1, 0.15) is 42.5 Å². The van der Waals surface area contributed by atoms with E-state index >= 15 is 0 Å². The molecule has 1 aromatic carbocycles. The number of rotatable bonds is 6. The molecule has 29 heavy (non-hydrogen) atoms. The van der Waals surface area contributed by atoms with E-state index in [2.05, 4.69) is 5.32 Å². The summed E-state index contributed by atoms with van der Waals surface area (Å²) in [7, 11) is 0. The first-order valence-electron chi connectivity index (χ1n) is 9.72. The molecule has 7 nitrogen and oxygen atoms in total. The Bertz CT molecular complexity index is 814. The predicted molar refractivity (Wildman–Crippen MR) is 109 cm³/mol. The van der Waals surface area contributed by atoms with Gasteiger partial charge in [0.25, 0.3) is 5.91 Å². The van der Waals surface area contributed by atoms with Crippen LogP contribution in [0.2, 0.25) is 10.0 Å². The highest BCUT2D eigenvalue weighted by molar-refractivity contribution is 6.42. The number of carbonyl (C=O) groups excluding carboxylic acids is 4. The van der Waals surface area contributed by atoms with E-state index < -0.39 is 0 Å². The van der Waals surface area contributed by atoms with Crippen molar-refractivity contribution in [1.82, 2.24) is 15.1 Å². The van der Waals surface area contributed by atoms with Gasteiger partial charge in [0.2, 0.25) is 17.7 Å². The standard InChI is InChI=1S/C20H23Cl2N3O4/c21-15-5-4-13(11-16(15)22)20(29)24-9-1-3-14(12-24)19(28)23-8-2-10-25-17(26)6-7-18(25)27/h4-5,11,14H,1-3,6-10,12H2,(H,23,28). The monoisotopic (exact) mass is 439 g/mol. The second-order valence-electron chi connectivity index (χ2n) is 7.30. The van der Waals surface area contributed by atoms with Gasteiger partial charge in [-0.3, -0.25) is 24.1 Å². The summed E-state index contributed by atoms with van der Waals surface area (Å²) in [5.41, 5.74) is 0.445. The third kappa shape index (κ3) is 5.28. The summed E-state index contributed by atoms with van der Waals surface area (Å²) in [5, 5.41) is 3.56. The number of benzene rings is 1. The zero-order valence-corrected chi connectivity index (χ0v) is 17.5. The van der Waals surface area contributed by atoms with E-state index in [0.29, 0.717) is 54.6 Å². The normalized spacial score (nSPS) is 19.6. The first kappa shape index (κ1) is 21.6. The molecule has 2 fully saturated rings. The van der Waals surface area contributed by atoms with Gasteiger partial charge in [0.1, 0.15) is 0 Å². The lowest BCUT2D eigenvalue weighted by molar-refractivity contribution is -0.138. The van der Waals surface area contributed by atoms with Crippen LogP contribution in [-0.4, -0.2) is 59.6 Å². The zero-order valence-electron chi connectivity index (χ0n) is 16.0. The first-order valence-corrected chi connectivity index (χ1v) is 10.5. The van der Waals surface area contributed by atoms with Gasteiger partial charge in [0.15, 0.2) is 0 Å². The second kappa shape index (κ2) is 9.59. The van der Waals surface area contributed by atoms with Crippen molar-refractivity contribution in [2.45, 2.75) is 32.1 Å². The summed E-state index contributed by atoms with van der Waals surface area (Å²) < 4.78 is 0. The third-order valence-corrected chi connectivity index (χ3v) is 6.00. The molecule has 1 aromatic rings. The van der Waals surface area contributed by atoms with Crippen LogP contribution >= 0.6 is 23.2 Å². The van der Waals surface area contributed by atoms with Crippen molar-refractivity contribution < 1.29 is 19.2 Å². The van der Waals surface area contributed by atoms with E-state index in [1.807, 2.05) is 0 Å². The quantitative estimate of drug-likeness (QED) is 0.544. The van der Waals surface area contributed by atoms with Crippen molar-refractivity contribution in [3.63, 3.8) is 0 Å². The number of nitrogens with one attached hydrogen (secondary N) is 1. The summed E-state index contributed by atoms with van der Waals surface area (Å²) in [6, 6.07) is 4.75. The lowest BCUT2D eigenvalue weighted by atomic mass is 9.96. The maximum absolute atomic E-state index is 12.7. The van der Waals surface area contributed by atoms with Crippen LogP contribution in [0.3, 0.4) is 0 Å². The Morgan fingerprint density at radius 3 is 2.52 bits per heavy atom. The summed E-state index contributed by atoms with van der Waals surface area (Å²) in [6.45, 7) is 1.63. The molecule has 0 aliphatic carbocycles.